The summed E-state index contributed by atoms with van der Waals surface area (Å²) in [5, 5.41) is 0. The van der Waals surface area contributed by atoms with Gasteiger partial charge in [0, 0.05) is 60.0 Å². The summed E-state index contributed by atoms with van der Waals surface area (Å²) in [5.41, 5.74) is 0. The Morgan fingerprint density at radius 3 is 1.77 bits per heavy atom. The van der Waals surface area contributed by atoms with Crippen LogP contribution in [0.5, 0.6) is 0 Å². The van der Waals surface area contributed by atoms with Crippen LogP contribution >= 0.6 is 0 Å². The smallest absolute Gasteiger partial charge is 0.466 e. The van der Waals surface area contributed by atoms with Crippen LogP contribution in [0.1, 0.15) is 70.6 Å². The number of carbonyl (C=O) groups excluding carboxylic acids is 2. The zero-order valence-corrected chi connectivity index (χ0v) is 26.1. The predicted molar refractivity (Wildman–Crippen MR) is 149 cm³/mol. The summed E-state index contributed by atoms with van der Waals surface area (Å²) >= 11 is 0. The number of rotatable bonds is 27. The SMILES string of the molecule is CO[Si](CCCCCOCCCCC(=O)OCCCN(C)CCCCC(=O)OCCCS(=O)(=O)O)(OC)OC. The van der Waals surface area contributed by atoms with Crippen molar-refractivity contribution in [3.63, 3.8) is 0 Å². The number of hydrogen-bond donors (Lipinski definition) is 1. The highest BCUT2D eigenvalue weighted by molar-refractivity contribution is 7.85. The summed E-state index contributed by atoms with van der Waals surface area (Å²) in [6.07, 6.45) is 7.47. The lowest BCUT2D eigenvalue weighted by atomic mass is 10.2. The normalized spacial score (nSPS) is 12.2. The van der Waals surface area contributed by atoms with Crippen molar-refractivity contribution < 1.29 is 50.0 Å². The van der Waals surface area contributed by atoms with Crippen molar-refractivity contribution >= 4 is 30.9 Å². The minimum atomic E-state index is -4.02. The fourth-order valence-corrected chi connectivity index (χ4v) is 5.99. The first kappa shape index (κ1) is 37.9. The molecule has 0 amide bonds. The van der Waals surface area contributed by atoms with E-state index in [1.807, 2.05) is 7.05 Å². The minimum absolute atomic E-state index is 0.0193. The van der Waals surface area contributed by atoms with Gasteiger partial charge in [0.2, 0.25) is 0 Å². The van der Waals surface area contributed by atoms with Crippen LogP contribution in [0, 0.1) is 0 Å². The number of nitrogens with zero attached hydrogens (tertiary/aromatic N) is 1. The molecule has 0 fully saturated rings. The monoisotopic (exact) mass is 601 g/mol. The second-order valence-electron chi connectivity index (χ2n) is 9.37. The lowest BCUT2D eigenvalue weighted by molar-refractivity contribution is -0.144. The number of carbonyl (C=O) groups is 2. The van der Waals surface area contributed by atoms with Crippen molar-refractivity contribution in [2.75, 3.05) is 73.6 Å². The van der Waals surface area contributed by atoms with Crippen LogP contribution < -0.4 is 0 Å². The van der Waals surface area contributed by atoms with Crippen molar-refractivity contribution in [2.45, 2.75) is 76.7 Å². The second kappa shape index (κ2) is 23.6. The highest BCUT2D eigenvalue weighted by Gasteiger charge is 2.36. The predicted octanol–water partition coefficient (Wildman–Crippen LogP) is 3.08. The molecule has 0 saturated heterocycles. The second-order valence-corrected chi connectivity index (χ2v) is 14.0. The first-order valence-electron chi connectivity index (χ1n) is 13.8. The molecular weight excluding hydrogens is 550 g/mol. The maximum Gasteiger partial charge on any atom is 0.500 e. The van der Waals surface area contributed by atoms with Gasteiger partial charge in [-0.1, -0.05) is 6.42 Å². The fourth-order valence-electron chi connectivity index (χ4n) is 3.71. The van der Waals surface area contributed by atoms with Gasteiger partial charge in [0.1, 0.15) is 0 Å². The average molecular weight is 602 g/mol. The van der Waals surface area contributed by atoms with Crippen LogP contribution in [0.25, 0.3) is 0 Å². The van der Waals surface area contributed by atoms with Crippen molar-refractivity contribution in [3.8, 4) is 0 Å². The molecule has 0 heterocycles. The zero-order chi connectivity index (χ0) is 29.4. The summed E-state index contributed by atoms with van der Waals surface area (Å²) in [6.45, 7) is 3.29. The highest BCUT2D eigenvalue weighted by atomic mass is 32.2. The Morgan fingerprint density at radius 1 is 0.692 bits per heavy atom. The van der Waals surface area contributed by atoms with Gasteiger partial charge in [0.25, 0.3) is 10.1 Å². The van der Waals surface area contributed by atoms with Crippen molar-refractivity contribution in [2.24, 2.45) is 0 Å². The molecule has 0 saturated carbocycles. The average Bonchev–Trinajstić information content (AvgIpc) is 2.90. The molecule has 14 heteroatoms. The molecule has 0 aliphatic carbocycles. The van der Waals surface area contributed by atoms with Gasteiger partial charge in [-0.15, -0.1) is 0 Å². The summed E-state index contributed by atoms with van der Waals surface area (Å²) < 4.78 is 61.9. The summed E-state index contributed by atoms with van der Waals surface area (Å²) in [6, 6.07) is 0.792. The van der Waals surface area contributed by atoms with Gasteiger partial charge in [0.15, 0.2) is 0 Å². The Kier molecular flexibility index (Phi) is 22.9. The van der Waals surface area contributed by atoms with Gasteiger partial charge >= 0.3 is 20.7 Å². The van der Waals surface area contributed by atoms with Crippen LogP contribution in [0.4, 0.5) is 0 Å². The third-order valence-corrected chi connectivity index (χ3v) is 9.69. The third-order valence-electron chi connectivity index (χ3n) is 6.05. The van der Waals surface area contributed by atoms with E-state index in [4.69, 9.17) is 32.0 Å². The Bertz CT molecular complexity index is 727. The molecular formula is C25H51NO11SSi. The van der Waals surface area contributed by atoms with Gasteiger partial charge in [0.05, 0.1) is 19.0 Å². The van der Waals surface area contributed by atoms with Gasteiger partial charge in [-0.3, -0.25) is 14.1 Å². The Morgan fingerprint density at radius 2 is 1.21 bits per heavy atom. The first-order chi connectivity index (χ1) is 18.6. The molecule has 1 N–H and O–H groups in total. The summed E-state index contributed by atoms with van der Waals surface area (Å²) in [5.74, 6) is -0.974. The van der Waals surface area contributed by atoms with Crippen molar-refractivity contribution in [3.05, 3.63) is 0 Å². The fraction of sp³-hybridized carbons (Fsp3) is 0.920. The zero-order valence-electron chi connectivity index (χ0n) is 24.3. The Hall–Kier alpha value is -1.13. The van der Waals surface area contributed by atoms with E-state index in [1.54, 1.807) is 21.3 Å². The molecule has 0 radical (unpaired) electrons. The van der Waals surface area contributed by atoms with Crippen LogP contribution in [-0.4, -0.2) is 112 Å². The number of unbranched alkanes of at least 4 members (excludes halogenated alkanes) is 4. The molecule has 12 nitrogen and oxygen atoms in total. The quantitative estimate of drug-likeness (QED) is 0.0638. The standard InChI is InChI=1S/C25H51NO11SSi/c1-26(16-8-6-14-24(27)37-21-13-22-38(29,30)31)17-12-20-36-25(28)15-7-10-19-35-18-9-5-11-23-39(32-2,33-3)34-4/h5-23H2,1-4H3,(H,29,30,31). The lowest BCUT2D eigenvalue weighted by Gasteiger charge is -2.24. The lowest BCUT2D eigenvalue weighted by Crippen LogP contribution is -2.42. The van der Waals surface area contributed by atoms with Crippen LogP contribution in [0.15, 0.2) is 0 Å². The van der Waals surface area contributed by atoms with Crippen molar-refractivity contribution in [1.82, 2.24) is 4.90 Å². The van der Waals surface area contributed by atoms with Crippen LogP contribution in [0.2, 0.25) is 6.04 Å². The van der Waals surface area contributed by atoms with Gasteiger partial charge in [-0.2, -0.15) is 8.42 Å². The van der Waals surface area contributed by atoms with E-state index in [0.29, 0.717) is 32.7 Å². The molecule has 0 spiro atoms. The molecule has 0 aliphatic heterocycles. The molecule has 39 heavy (non-hydrogen) atoms. The Labute approximate surface area is 236 Å². The van der Waals surface area contributed by atoms with E-state index in [2.05, 4.69) is 4.90 Å². The maximum absolute atomic E-state index is 11.9. The van der Waals surface area contributed by atoms with E-state index < -0.39 is 24.7 Å². The first-order valence-corrected chi connectivity index (χ1v) is 17.3. The molecule has 0 bridgehead atoms. The molecule has 0 aromatic heterocycles. The van der Waals surface area contributed by atoms with Gasteiger partial charge in [-0.25, -0.2) is 0 Å². The molecule has 0 atom stereocenters. The largest absolute Gasteiger partial charge is 0.500 e. The van der Waals surface area contributed by atoms with Crippen LogP contribution in [0.3, 0.4) is 0 Å². The third kappa shape index (κ3) is 23.3. The Balaban J connectivity index is 3.53. The minimum Gasteiger partial charge on any atom is -0.466 e. The van der Waals surface area contributed by atoms with Gasteiger partial charge in [-0.05, 0) is 65.0 Å². The molecule has 0 rings (SSSR count). The maximum atomic E-state index is 11.9. The summed E-state index contributed by atoms with van der Waals surface area (Å²) in [4.78, 5) is 25.6. The van der Waals surface area contributed by atoms with E-state index in [0.717, 1.165) is 64.1 Å². The topological polar surface area (TPSA) is 147 Å². The highest BCUT2D eigenvalue weighted by Crippen LogP contribution is 2.17. The molecule has 232 valence electrons. The molecule has 0 aromatic carbocycles. The van der Waals surface area contributed by atoms with Crippen LogP contribution in [-0.2, 0) is 47.2 Å². The molecule has 0 aliphatic rings. The number of hydrogen-bond acceptors (Lipinski definition) is 11. The number of esters is 2. The number of ether oxygens (including phenoxy) is 3. The van der Waals surface area contributed by atoms with E-state index in [9.17, 15) is 18.0 Å². The van der Waals surface area contributed by atoms with E-state index in [1.165, 1.54) is 0 Å². The molecule has 0 unspecified atom stereocenters. The van der Waals surface area contributed by atoms with Crippen molar-refractivity contribution in [1.29, 1.82) is 0 Å². The molecule has 0 aromatic rings. The summed E-state index contributed by atoms with van der Waals surface area (Å²) in [7, 11) is 0.356. The van der Waals surface area contributed by atoms with E-state index in [-0.39, 0.29) is 31.4 Å². The van der Waals surface area contributed by atoms with Gasteiger partial charge < -0.3 is 32.4 Å². The van der Waals surface area contributed by atoms with E-state index >= 15 is 0 Å².